The van der Waals surface area contributed by atoms with Crippen LogP contribution in [0.15, 0.2) is 76.0 Å². The van der Waals surface area contributed by atoms with Gasteiger partial charge in [0.1, 0.15) is 5.52 Å². The summed E-state index contributed by atoms with van der Waals surface area (Å²) < 4.78 is 34.5. The molecule has 1 aliphatic rings. The summed E-state index contributed by atoms with van der Waals surface area (Å²) in [6.45, 7) is 2.04. The van der Waals surface area contributed by atoms with Crippen molar-refractivity contribution in [2.24, 2.45) is 5.92 Å². The van der Waals surface area contributed by atoms with E-state index < -0.39 is 10.0 Å². The lowest BCUT2D eigenvalue weighted by molar-refractivity contribution is 0.387. The summed E-state index contributed by atoms with van der Waals surface area (Å²) in [7, 11) is -3.56. The summed E-state index contributed by atoms with van der Waals surface area (Å²) in [5, 5.41) is 1.67. The van der Waals surface area contributed by atoms with Gasteiger partial charge in [0.25, 0.3) is 6.01 Å². The summed E-state index contributed by atoms with van der Waals surface area (Å²) in [5.41, 5.74) is 1.65. The molecular weight excluding hydrogens is 398 g/mol. The molecule has 4 aromatic rings. The molecule has 154 valence electrons. The molecule has 1 aromatic heterocycles. The molecule has 30 heavy (non-hydrogen) atoms. The Morgan fingerprint density at radius 2 is 1.70 bits per heavy atom. The van der Waals surface area contributed by atoms with Gasteiger partial charge < -0.3 is 9.32 Å². The first-order valence-corrected chi connectivity index (χ1v) is 11.7. The Morgan fingerprint density at radius 1 is 0.967 bits per heavy atom. The molecule has 0 unspecified atom stereocenters. The Morgan fingerprint density at radius 3 is 2.53 bits per heavy atom. The van der Waals surface area contributed by atoms with Crippen LogP contribution in [-0.4, -0.2) is 33.0 Å². The summed E-state index contributed by atoms with van der Waals surface area (Å²) >= 11 is 0. The van der Waals surface area contributed by atoms with Gasteiger partial charge in [-0.15, -0.1) is 0 Å². The van der Waals surface area contributed by atoms with Crippen LogP contribution in [0.25, 0.3) is 21.9 Å². The van der Waals surface area contributed by atoms with Crippen molar-refractivity contribution in [2.75, 3.05) is 24.5 Å². The molecule has 2 heterocycles. The fourth-order valence-corrected chi connectivity index (χ4v) is 5.40. The van der Waals surface area contributed by atoms with Crippen LogP contribution in [-0.2, 0) is 10.0 Å². The predicted molar refractivity (Wildman–Crippen MR) is 118 cm³/mol. The molecule has 1 N–H and O–H groups in total. The highest BCUT2D eigenvalue weighted by molar-refractivity contribution is 7.89. The lowest BCUT2D eigenvalue weighted by Gasteiger charge is -2.30. The lowest BCUT2D eigenvalue weighted by Crippen LogP contribution is -2.38. The molecule has 0 spiro atoms. The van der Waals surface area contributed by atoms with Crippen molar-refractivity contribution in [3.63, 3.8) is 0 Å². The van der Waals surface area contributed by atoms with Crippen LogP contribution in [0.2, 0.25) is 0 Å². The van der Waals surface area contributed by atoms with Crippen molar-refractivity contribution in [3.05, 3.63) is 66.7 Å². The Bertz CT molecular complexity index is 1250. The van der Waals surface area contributed by atoms with Crippen molar-refractivity contribution in [1.82, 2.24) is 9.71 Å². The Labute approximate surface area is 175 Å². The molecule has 0 aliphatic carbocycles. The first kappa shape index (κ1) is 19.1. The van der Waals surface area contributed by atoms with Gasteiger partial charge in [-0.3, -0.25) is 0 Å². The number of hydrogen-bond donors (Lipinski definition) is 1. The topological polar surface area (TPSA) is 75.4 Å². The maximum absolute atomic E-state index is 12.9. The second kappa shape index (κ2) is 7.74. The standard InChI is InChI=1S/C23H23N3O3S/c27-30(28,22-11-5-7-18-6-1-2-8-19(18)22)24-16-17-12-14-26(15-13-17)23-25-20-9-3-4-10-21(20)29-23/h1-11,17,24H,12-16H2. The summed E-state index contributed by atoms with van der Waals surface area (Å²) in [6, 6.07) is 21.3. The summed E-state index contributed by atoms with van der Waals surface area (Å²) in [4.78, 5) is 7.04. The molecule has 7 heteroatoms. The number of oxazole rings is 1. The van der Waals surface area contributed by atoms with Gasteiger partial charge in [0.15, 0.2) is 5.58 Å². The monoisotopic (exact) mass is 421 g/mol. The van der Waals surface area contributed by atoms with Gasteiger partial charge in [-0.1, -0.05) is 48.5 Å². The molecular formula is C23H23N3O3S. The lowest BCUT2D eigenvalue weighted by atomic mass is 9.97. The van der Waals surface area contributed by atoms with Crippen LogP contribution in [0.3, 0.4) is 0 Å². The number of nitrogens with zero attached hydrogens (tertiary/aromatic N) is 2. The first-order chi connectivity index (χ1) is 14.6. The number of piperidine rings is 1. The zero-order valence-electron chi connectivity index (χ0n) is 16.5. The third-order valence-corrected chi connectivity index (χ3v) is 7.25. The molecule has 0 atom stereocenters. The Kier molecular flexibility index (Phi) is 4.92. The van der Waals surface area contributed by atoms with Gasteiger partial charge in [-0.05, 0) is 42.3 Å². The normalized spacial score (nSPS) is 15.8. The third kappa shape index (κ3) is 3.66. The van der Waals surface area contributed by atoms with Crippen LogP contribution in [0.5, 0.6) is 0 Å². The number of hydrogen-bond acceptors (Lipinski definition) is 5. The summed E-state index contributed by atoms with van der Waals surface area (Å²) in [6.07, 6.45) is 1.77. The largest absolute Gasteiger partial charge is 0.423 e. The highest BCUT2D eigenvalue weighted by Crippen LogP contribution is 2.27. The fraction of sp³-hybridized carbons (Fsp3) is 0.261. The van der Waals surface area contributed by atoms with Gasteiger partial charge >= 0.3 is 0 Å². The number of sulfonamides is 1. The average Bonchev–Trinajstić information content (AvgIpc) is 3.22. The molecule has 1 aliphatic heterocycles. The highest BCUT2D eigenvalue weighted by Gasteiger charge is 2.25. The van der Waals surface area contributed by atoms with Gasteiger partial charge in [0.05, 0.1) is 4.90 Å². The zero-order valence-corrected chi connectivity index (χ0v) is 17.3. The van der Waals surface area contributed by atoms with E-state index in [2.05, 4.69) is 14.6 Å². The highest BCUT2D eigenvalue weighted by atomic mass is 32.2. The maximum atomic E-state index is 12.9. The molecule has 5 rings (SSSR count). The van der Waals surface area contributed by atoms with Gasteiger partial charge in [-0.25, -0.2) is 13.1 Å². The zero-order chi connectivity index (χ0) is 20.6. The number of fused-ring (bicyclic) bond motifs is 2. The first-order valence-electron chi connectivity index (χ1n) is 10.2. The molecule has 0 amide bonds. The number of para-hydroxylation sites is 2. The second-order valence-electron chi connectivity index (χ2n) is 7.72. The molecule has 0 bridgehead atoms. The Balaban J connectivity index is 1.23. The van der Waals surface area contributed by atoms with Crippen LogP contribution in [0, 0.1) is 5.92 Å². The minimum atomic E-state index is -3.56. The predicted octanol–water partition coefficient (Wildman–Crippen LogP) is 4.18. The molecule has 6 nitrogen and oxygen atoms in total. The van der Waals surface area contributed by atoms with E-state index in [-0.39, 0.29) is 5.92 Å². The summed E-state index contributed by atoms with van der Waals surface area (Å²) in [5.74, 6) is 0.287. The number of anilines is 1. The van der Waals surface area contributed by atoms with Gasteiger partial charge in [-0.2, -0.15) is 4.98 Å². The van der Waals surface area contributed by atoms with Crippen LogP contribution >= 0.6 is 0 Å². The third-order valence-electron chi connectivity index (χ3n) is 5.77. The van der Waals surface area contributed by atoms with E-state index in [0.717, 1.165) is 47.8 Å². The average molecular weight is 422 g/mol. The molecule has 1 saturated heterocycles. The van der Waals surface area contributed by atoms with Crippen LogP contribution in [0.4, 0.5) is 6.01 Å². The minimum Gasteiger partial charge on any atom is -0.423 e. The number of aromatic nitrogens is 1. The van der Waals surface area contributed by atoms with Crippen molar-refractivity contribution in [2.45, 2.75) is 17.7 Å². The van der Waals surface area contributed by atoms with E-state index in [1.165, 1.54) is 0 Å². The quantitative estimate of drug-likeness (QED) is 0.523. The van der Waals surface area contributed by atoms with Crippen molar-refractivity contribution in [3.8, 4) is 0 Å². The van der Waals surface area contributed by atoms with E-state index in [0.29, 0.717) is 17.5 Å². The van der Waals surface area contributed by atoms with E-state index in [4.69, 9.17) is 4.42 Å². The molecule has 0 radical (unpaired) electrons. The van der Waals surface area contributed by atoms with E-state index in [1.54, 1.807) is 12.1 Å². The van der Waals surface area contributed by atoms with E-state index in [9.17, 15) is 8.42 Å². The van der Waals surface area contributed by atoms with Crippen molar-refractivity contribution in [1.29, 1.82) is 0 Å². The van der Waals surface area contributed by atoms with Crippen molar-refractivity contribution >= 4 is 37.9 Å². The van der Waals surface area contributed by atoms with Crippen molar-refractivity contribution < 1.29 is 12.8 Å². The Hall–Kier alpha value is -2.90. The molecule has 0 saturated carbocycles. The second-order valence-corrected chi connectivity index (χ2v) is 9.46. The number of nitrogens with one attached hydrogen (secondary N) is 1. The van der Waals surface area contributed by atoms with E-state index in [1.807, 2.05) is 54.6 Å². The number of benzene rings is 3. The van der Waals surface area contributed by atoms with Gasteiger partial charge in [0.2, 0.25) is 10.0 Å². The van der Waals surface area contributed by atoms with Gasteiger partial charge in [0, 0.05) is 25.0 Å². The van der Waals surface area contributed by atoms with E-state index >= 15 is 0 Å². The molecule has 3 aromatic carbocycles. The maximum Gasteiger partial charge on any atom is 0.298 e. The van der Waals surface area contributed by atoms with Crippen LogP contribution < -0.4 is 9.62 Å². The fourth-order valence-electron chi connectivity index (χ4n) is 4.06. The minimum absolute atomic E-state index is 0.287. The number of rotatable bonds is 5. The smallest absolute Gasteiger partial charge is 0.298 e. The SMILES string of the molecule is O=S(=O)(NCC1CCN(c2nc3ccccc3o2)CC1)c1cccc2ccccc12. The molecule has 1 fully saturated rings. The van der Waals surface area contributed by atoms with Crippen LogP contribution in [0.1, 0.15) is 12.8 Å².